The normalized spacial score (nSPS) is 11.9. The standard InChI is InChI=1S/C15H19FN4/c1-3-11(2)19-14-8-9-17-15(20-14)18-10-12-4-6-13(16)7-5-12/h4-9,11H,3,10H2,1-2H3,(H2,17,18,19,20). The van der Waals surface area contributed by atoms with Gasteiger partial charge in [-0.15, -0.1) is 0 Å². The monoisotopic (exact) mass is 274 g/mol. The summed E-state index contributed by atoms with van der Waals surface area (Å²) < 4.78 is 12.8. The highest BCUT2D eigenvalue weighted by atomic mass is 19.1. The molecule has 2 aromatic rings. The third kappa shape index (κ3) is 4.19. The lowest BCUT2D eigenvalue weighted by atomic mass is 10.2. The molecule has 0 spiro atoms. The van der Waals surface area contributed by atoms with Crippen molar-refractivity contribution < 1.29 is 4.39 Å². The number of benzene rings is 1. The van der Waals surface area contributed by atoms with Crippen molar-refractivity contribution in [3.05, 3.63) is 47.9 Å². The van der Waals surface area contributed by atoms with E-state index in [-0.39, 0.29) is 5.82 Å². The second-order valence-corrected chi connectivity index (χ2v) is 4.70. The van der Waals surface area contributed by atoms with Crippen LogP contribution in [0.1, 0.15) is 25.8 Å². The lowest BCUT2D eigenvalue weighted by Gasteiger charge is -2.12. The minimum Gasteiger partial charge on any atom is -0.367 e. The van der Waals surface area contributed by atoms with Crippen molar-refractivity contribution in [2.75, 3.05) is 10.6 Å². The van der Waals surface area contributed by atoms with Gasteiger partial charge in [-0.05, 0) is 37.1 Å². The fraction of sp³-hybridized carbons (Fsp3) is 0.333. The summed E-state index contributed by atoms with van der Waals surface area (Å²) in [4.78, 5) is 8.55. The van der Waals surface area contributed by atoms with E-state index in [0.29, 0.717) is 18.5 Å². The van der Waals surface area contributed by atoms with Gasteiger partial charge in [-0.25, -0.2) is 9.37 Å². The predicted octanol–water partition coefficient (Wildman–Crippen LogP) is 3.44. The Morgan fingerprint density at radius 2 is 1.95 bits per heavy atom. The summed E-state index contributed by atoms with van der Waals surface area (Å²) in [5.41, 5.74) is 0.982. The molecule has 0 saturated heterocycles. The zero-order chi connectivity index (χ0) is 14.4. The number of halogens is 1. The number of anilines is 2. The molecule has 0 amide bonds. The summed E-state index contributed by atoms with van der Waals surface area (Å²) in [7, 11) is 0. The maximum Gasteiger partial charge on any atom is 0.224 e. The van der Waals surface area contributed by atoms with E-state index in [1.54, 1.807) is 18.3 Å². The van der Waals surface area contributed by atoms with Crippen LogP contribution in [-0.2, 0) is 6.54 Å². The van der Waals surface area contributed by atoms with Gasteiger partial charge in [0.05, 0.1) is 0 Å². The SMILES string of the molecule is CCC(C)Nc1ccnc(NCc2ccc(F)cc2)n1. The number of hydrogen-bond acceptors (Lipinski definition) is 4. The molecule has 0 bridgehead atoms. The molecule has 0 radical (unpaired) electrons. The first-order valence-corrected chi connectivity index (χ1v) is 6.75. The molecular formula is C15H19FN4. The molecule has 4 nitrogen and oxygen atoms in total. The molecule has 1 aromatic carbocycles. The van der Waals surface area contributed by atoms with Gasteiger partial charge in [0, 0.05) is 18.8 Å². The minimum atomic E-state index is -0.232. The lowest BCUT2D eigenvalue weighted by molar-refractivity contribution is 0.627. The number of hydrogen-bond donors (Lipinski definition) is 2. The van der Waals surface area contributed by atoms with Crippen LogP contribution in [0, 0.1) is 5.82 Å². The van der Waals surface area contributed by atoms with E-state index >= 15 is 0 Å². The zero-order valence-corrected chi connectivity index (χ0v) is 11.7. The van der Waals surface area contributed by atoms with Crippen LogP contribution in [-0.4, -0.2) is 16.0 Å². The van der Waals surface area contributed by atoms with E-state index in [1.807, 2.05) is 6.07 Å². The number of rotatable bonds is 6. The van der Waals surface area contributed by atoms with Crippen molar-refractivity contribution >= 4 is 11.8 Å². The third-order valence-corrected chi connectivity index (χ3v) is 3.03. The smallest absolute Gasteiger partial charge is 0.224 e. The summed E-state index contributed by atoms with van der Waals surface area (Å²) in [5, 5.41) is 6.42. The second kappa shape index (κ2) is 6.84. The van der Waals surface area contributed by atoms with Crippen molar-refractivity contribution in [1.29, 1.82) is 0 Å². The van der Waals surface area contributed by atoms with Crippen molar-refractivity contribution in [1.82, 2.24) is 9.97 Å². The molecule has 20 heavy (non-hydrogen) atoms. The van der Waals surface area contributed by atoms with Gasteiger partial charge >= 0.3 is 0 Å². The molecule has 0 aliphatic heterocycles. The van der Waals surface area contributed by atoms with Gasteiger partial charge in [0.25, 0.3) is 0 Å². The Hall–Kier alpha value is -2.17. The molecule has 2 N–H and O–H groups in total. The molecule has 106 valence electrons. The maximum absolute atomic E-state index is 12.8. The van der Waals surface area contributed by atoms with E-state index in [1.165, 1.54) is 12.1 Å². The molecule has 5 heteroatoms. The Balaban J connectivity index is 1.95. The molecule has 1 atom stereocenters. The van der Waals surface area contributed by atoms with Crippen LogP contribution in [0.2, 0.25) is 0 Å². The van der Waals surface area contributed by atoms with Gasteiger partial charge in [0.1, 0.15) is 11.6 Å². The Bertz CT molecular complexity index is 542. The highest BCUT2D eigenvalue weighted by Crippen LogP contribution is 2.10. The van der Waals surface area contributed by atoms with Crippen molar-refractivity contribution in [2.24, 2.45) is 0 Å². The van der Waals surface area contributed by atoms with Crippen molar-refractivity contribution in [2.45, 2.75) is 32.9 Å². The molecule has 0 aliphatic rings. The summed E-state index contributed by atoms with van der Waals surface area (Å²) >= 11 is 0. The van der Waals surface area contributed by atoms with E-state index in [9.17, 15) is 4.39 Å². The average Bonchev–Trinajstić information content (AvgIpc) is 2.47. The van der Waals surface area contributed by atoms with Crippen molar-refractivity contribution in [3.63, 3.8) is 0 Å². The number of nitrogens with one attached hydrogen (secondary N) is 2. The van der Waals surface area contributed by atoms with E-state index < -0.39 is 0 Å². The van der Waals surface area contributed by atoms with Crippen LogP contribution >= 0.6 is 0 Å². The van der Waals surface area contributed by atoms with Crippen LogP contribution in [0.25, 0.3) is 0 Å². The molecule has 1 unspecified atom stereocenters. The fourth-order valence-electron chi connectivity index (χ4n) is 1.66. The van der Waals surface area contributed by atoms with Crippen LogP contribution < -0.4 is 10.6 Å². The summed E-state index contributed by atoms with van der Waals surface area (Å²) in [6.45, 7) is 4.79. The van der Waals surface area contributed by atoms with Gasteiger partial charge in [0.15, 0.2) is 0 Å². The average molecular weight is 274 g/mol. The summed E-state index contributed by atoms with van der Waals surface area (Å²) in [6, 6.07) is 8.58. The molecule has 0 fully saturated rings. The topological polar surface area (TPSA) is 49.8 Å². The van der Waals surface area contributed by atoms with Gasteiger partial charge in [0.2, 0.25) is 5.95 Å². The van der Waals surface area contributed by atoms with Gasteiger partial charge in [-0.1, -0.05) is 19.1 Å². The number of aromatic nitrogens is 2. The van der Waals surface area contributed by atoms with E-state index in [2.05, 4.69) is 34.4 Å². The highest BCUT2D eigenvalue weighted by molar-refractivity contribution is 5.40. The third-order valence-electron chi connectivity index (χ3n) is 3.03. The molecule has 0 saturated carbocycles. The molecule has 2 rings (SSSR count). The Morgan fingerprint density at radius 3 is 2.65 bits per heavy atom. The maximum atomic E-state index is 12.8. The fourth-order valence-corrected chi connectivity index (χ4v) is 1.66. The Labute approximate surface area is 118 Å². The molecule has 1 aromatic heterocycles. The molecule has 0 aliphatic carbocycles. The summed E-state index contributed by atoms with van der Waals surface area (Å²) in [5.74, 6) is 1.13. The van der Waals surface area contributed by atoms with Crippen LogP contribution in [0.4, 0.5) is 16.2 Å². The predicted molar refractivity (Wildman–Crippen MR) is 79.1 cm³/mol. The molecular weight excluding hydrogens is 255 g/mol. The highest BCUT2D eigenvalue weighted by Gasteiger charge is 2.02. The minimum absolute atomic E-state index is 0.232. The first kappa shape index (κ1) is 14.2. The van der Waals surface area contributed by atoms with Crippen LogP contribution in [0.5, 0.6) is 0 Å². The number of nitrogens with zero attached hydrogens (tertiary/aromatic N) is 2. The first-order valence-electron chi connectivity index (χ1n) is 6.75. The van der Waals surface area contributed by atoms with Gasteiger partial charge < -0.3 is 10.6 Å². The van der Waals surface area contributed by atoms with E-state index in [0.717, 1.165) is 17.8 Å². The van der Waals surface area contributed by atoms with Gasteiger partial charge in [-0.2, -0.15) is 4.98 Å². The largest absolute Gasteiger partial charge is 0.367 e. The van der Waals surface area contributed by atoms with Crippen LogP contribution in [0.15, 0.2) is 36.5 Å². The first-order chi connectivity index (χ1) is 9.67. The van der Waals surface area contributed by atoms with E-state index in [4.69, 9.17) is 0 Å². The lowest BCUT2D eigenvalue weighted by Crippen LogP contribution is -2.15. The molecule has 1 heterocycles. The van der Waals surface area contributed by atoms with Gasteiger partial charge in [-0.3, -0.25) is 0 Å². The Kier molecular flexibility index (Phi) is 4.87. The Morgan fingerprint density at radius 1 is 1.20 bits per heavy atom. The quantitative estimate of drug-likeness (QED) is 0.847. The zero-order valence-electron chi connectivity index (χ0n) is 11.7. The van der Waals surface area contributed by atoms with Crippen molar-refractivity contribution in [3.8, 4) is 0 Å². The summed E-state index contributed by atoms with van der Waals surface area (Å²) in [6.07, 6.45) is 2.74. The van der Waals surface area contributed by atoms with Crippen LogP contribution in [0.3, 0.4) is 0 Å². The second-order valence-electron chi connectivity index (χ2n) is 4.70.